The van der Waals surface area contributed by atoms with Crippen LogP contribution in [0.15, 0.2) is 30.3 Å². The number of piperidine rings is 2. The van der Waals surface area contributed by atoms with Gasteiger partial charge in [-0.2, -0.15) is 0 Å². The molecule has 2 aliphatic heterocycles. The lowest BCUT2D eigenvalue weighted by atomic mass is 9.99. The topological polar surface area (TPSA) is 52.7 Å². The van der Waals surface area contributed by atoms with E-state index in [1.807, 2.05) is 18.2 Å². The lowest BCUT2D eigenvalue weighted by Gasteiger charge is -2.38. The Morgan fingerprint density at radius 1 is 1.04 bits per heavy atom. The second kappa shape index (κ2) is 10.6. The molecule has 5 heteroatoms. The van der Waals surface area contributed by atoms with Gasteiger partial charge in [-0.05, 0) is 50.5 Å². The standard InChI is InChI=1S/C23H35N3O2/c1-2-21-10-6-7-15-26(21)23(28)18-25-16-13-20(14-17-25)24-22(27)12-11-19-8-4-3-5-9-19/h3-5,8-9,20-21H,2,6-7,10-18H2,1H3,(H,24,27). The molecule has 0 aliphatic carbocycles. The Morgan fingerprint density at radius 3 is 2.50 bits per heavy atom. The van der Waals surface area contributed by atoms with Crippen molar-refractivity contribution in [3.05, 3.63) is 35.9 Å². The molecule has 2 fully saturated rings. The molecule has 2 heterocycles. The number of nitrogens with one attached hydrogen (secondary N) is 1. The Balaban J connectivity index is 1.36. The molecule has 1 aromatic carbocycles. The van der Waals surface area contributed by atoms with Crippen LogP contribution in [-0.2, 0) is 16.0 Å². The highest BCUT2D eigenvalue weighted by atomic mass is 16.2. The second-order valence-electron chi connectivity index (χ2n) is 8.25. The molecule has 1 atom stereocenters. The summed E-state index contributed by atoms with van der Waals surface area (Å²) < 4.78 is 0. The monoisotopic (exact) mass is 385 g/mol. The third-order valence-electron chi connectivity index (χ3n) is 6.21. The van der Waals surface area contributed by atoms with Crippen molar-refractivity contribution >= 4 is 11.8 Å². The van der Waals surface area contributed by atoms with E-state index in [1.165, 1.54) is 12.0 Å². The zero-order valence-electron chi connectivity index (χ0n) is 17.2. The normalized spacial score (nSPS) is 21.5. The molecular weight excluding hydrogens is 350 g/mol. The highest BCUT2D eigenvalue weighted by Crippen LogP contribution is 2.20. The third kappa shape index (κ3) is 6.06. The molecule has 154 valence electrons. The summed E-state index contributed by atoms with van der Waals surface area (Å²) in [4.78, 5) is 29.3. The van der Waals surface area contributed by atoms with E-state index in [4.69, 9.17) is 0 Å². The maximum Gasteiger partial charge on any atom is 0.236 e. The Kier molecular flexibility index (Phi) is 7.90. The number of carbonyl (C=O) groups excluding carboxylic acids is 2. The van der Waals surface area contributed by atoms with Gasteiger partial charge in [0.05, 0.1) is 6.54 Å². The second-order valence-corrected chi connectivity index (χ2v) is 8.25. The predicted molar refractivity (Wildman–Crippen MR) is 112 cm³/mol. The van der Waals surface area contributed by atoms with Gasteiger partial charge in [0.2, 0.25) is 11.8 Å². The minimum Gasteiger partial charge on any atom is -0.353 e. The average molecular weight is 386 g/mol. The first kappa shape index (κ1) is 20.8. The van der Waals surface area contributed by atoms with Crippen LogP contribution >= 0.6 is 0 Å². The van der Waals surface area contributed by atoms with Crippen LogP contribution in [0.2, 0.25) is 0 Å². The van der Waals surface area contributed by atoms with Crippen molar-refractivity contribution < 1.29 is 9.59 Å². The first-order chi connectivity index (χ1) is 13.7. The van der Waals surface area contributed by atoms with Gasteiger partial charge < -0.3 is 10.2 Å². The number of amides is 2. The highest BCUT2D eigenvalue weighted by molar-refractivity contribution is 5.79. The van der Waals surface area contributed by atoms with Crippen molar-refractivity contribution in [2.45, 2.75) is 70.4 Å². The summed E-state index contributed by atoms with van der Waals surface area (Å²) in [5.74, 6) is 0.425. The molecule has 1 unspecified atom stereocenters. The maximum atomic E-state index is 12.7. The largest absolute Gasteiger partial charge is 0.353 e. The van der Waals surface area contributed by atoms with Crippen molar-refractivity contribution in [2.24, 2.45) is 0 Å². The van der Waals surface area contributed by atoms with E-state index < -0.39 is 0 Å². The third-order valence-corrected chi connectivity index (χ3v) is 6.21. The number of aryl methyl sites for hydroxylation is 1. The molecule has 0 saturated carbocycles. The van der Waals surface area contributed by atoms with Gasteiger partial charge in [0.25, 0.3) is 0 Å². The molecule has 0 radical (unpaired) electrons. The minimum absolute atomic E-state index is 0.137. The quantitative estimate of drug-likeness (QED) is 0.785. The van der Waals surface area contributed by atoms with Crippen LogP contribution in [0.1, 0.15) is 57.4 Å². The van der Waals surface area contributed by atoms with Gasteiger partial charge in [0.15, 0.2) is 0 Å². The molecule has 2 aliphatic rings. The minimum atomic E-state index is 0.137. The van der Waals surface area contributed by atoms with Gasteiger partial charge in [-0.25, -0.2) is 0 Å². The Hall–Kier alpha value is -1.88. The van der Waals surface area contributed by atoms with Gasteiger partial charge >= 0.3 is 0 Å². The van der Waals surface area contributed by atoms with Crippen molar-refractivity contribution in [1.82, 2.24) is 15.1 Å². The number of nitrogens with zero attached hydrogens (tertiary/aromatic N) is 2. The van der Waals surface area contributed by atoms with E-state index in [-0.39, 0.29) is 17.9 Å². The summed E-state index contributed by atoms with van der Waals surface area (Å²) in [5, 5.41) is 3.18. The predicted octanol–water partition coefficient (Wildman–Crippen LogP) is 2.99. The molecule has 1 N–H and O–H groups in total. The molecule has 2 amide bonds. The summed E-state index contributed by atoms with van der Waals surface area (Å²) in [6.07, 6.45) is 7.78. The Morgan fingerprint density at radius 2 is 1.79 bits per heavy atom. The zero-order chi connectivity index (χ0) is 19.8. The van der Waals surface area contributed by atoms with Crippen molar-refractivity contribution in [2.75, 3.05) is 26.2 Å². The molecule has 0 bridgehead atoms. The number of benzene rings is 1. The lowest BCUT2D eigenvalue weighted by Crippen LogP contribution is -2.51. The van der Waals surface area contributed by atoms with Gasteiger partial charge in [0.1, 0.15) is 0 Å². The molecule has 1 aromatic rings. The van der Waals surface area contributed by atoms with Crippen molar-refractivity contribution in [3.63, 3.8) is 0 Å². The van der Waals surface area contributed by atoms with Gasteiger partial charge in [0, 0.05) is 38.1 Å². The van der Waals surface area contributed by atoms with E-state index in [0.29, 0.717) is 19.0 Å². The van der Waals surface area contributed by atoms with E-state index >= 15 is 0 Å². The number of likely N-dealkylation sites (tertiary alicyclic amines) is 2. The Bertz CT molecular complexity index is 626. The molecular formula is C23H35N3O2. The molecule has 5 nitrogen and oxygen atoms in total. The van der Waals surface area contributed by atoms with Crippen LogP contribution in [0.4, 0.5) is 0 Å². The fourth-order valence-corrected chi connectivity index (χ4v) is 4.47. The molecule has 3 rings (SSSR count). The Labute approximate surface area is 169 Å². The highest BCUT2D eigenvalue weighted by Gasteiger charge is 2.28. The lowest BCUT2D eigenvalue weighted by molar-refractivity contribution is -0.136. The van der Waals surface area contributed by atoms with Crippen LogP contribution in [0.3, 0.4) is 0 Å². The molecule has 0 aromatic heterocycles. The summed E-state index contributed by atoms with van der Waals surface area (Å²) in [6, 6.07) is 10.8. The molecule has 2 saturated heterocycles. The first-order valence-corrected chi connectivity index (χ1v) is 11.0. The summed E-state index contributed by atoms with van der Waals surface area (Å²) in [5.41, 5.74) is 1.20. The first-order valence-electron chi connectivity index (χ1n) is 11.0. The average Bonchev–Trinajstić information content (AvgIpc) is 2.74. The van der Waals surface area contributed by atoms with Crippen LogP contribution in [0.25, 0.3) is 0 Å². The van der Waals surface area contributed by atoms with Crippen molar-refractivity contribution in [1.29, 1.82) is 0 Å². The van der Waals surface area contributed by atoms with Crippen molar-refractivity contribution in [3.8, 4) is 0 Å². The number of hydrogen-bond acceptors (Lipinski definition) is 3. The van der Waals surface area contributed by atoms with Crippen LogP contribution in [0, 0.1) is 0 Å². The van der Waals surface area contributed by atoms with E-state index in [0.717, 1.165) is 58.2 Å². The van der Waals surface area contributed by atoms with Gasteiger partial charge in [-0.1, -0.05) is 37.3 Å². The van der Waals surface area contributed by atoms with E-state index in [9.17, 15) is 9.59 Å². The zero-order valence-corrected chi connectivity index (χ0v) is 17.2. The van der Waals surface area contributed by atoms with Gasteiger partial charge in [-0.3, -0.25) is 14.5 Å². The fourth-order valence-electron chi connectivity index (χ4n) is 4.47. The summed E-state index contributed by atoms with van der Waals surface area (Å²) in [6.45, 7) is 5.42. The van der Waals surface area contributed by atoms with E-state index in [1.54, 1.807) is 0 Å². The number of carbonyl (C=O) groups is 2. The SMILES string of the molecule is CCC1CCCCN1C(=O)CN1CCC(NC(=O)CCc2ccccc2)CC1. The maximum absolute atomic E-state index is 12.7. The van der Waals surface area contributed by atoms with Crippen LogP contribution < -0.4 is 5.32 Å². The van der Waals surface area contributed by atoms with Gasteiger partial charge in [-0.15, -0.1) is 0 Å². The molecule has 0 spiro atoms. The van der Waals surface area contributed by atoms with Crippen LogP contribution in [-0.4, -0.2) is 59.9 Å². The van der Waals surface area contributed by atoms with E-state index in [2.05, 4.69) is 34.2 Å². The van der Waals surface area contributed by atoms with Crippen LogP contribution in [0.5, 0.6) is 0 Å². The number of hydrogen-bond donors (Lipinski definition) is 1. The fraction of sp³-hybridized carbons (Fsp3) is 0.652. The number of rotatable bonds is 7. The summed E-state index contributed by atoms with van der Waals surface area (Å²) in [7, 11) is 0. The smallest absolute Gasteiger partial charge is 0.236 e. The molecule has 28 heavy (non-hydrogen) atoms. The summed E-state index contributed by atoms with van der Waals surface area (Å²) >= 11 is 0.